The summed E-state index contributed by atoms with van der Waals surface area (Å²) in [6, 6.07) is 0. The van der Waals surface area contributed by atoms with E-state index in [9.17, 15) is 5.11 Å². The minimum atomic E-state index is -0.773. The molecule has 1 aromatic rings. The Balaban J connectivity index is 2.14. The van der Waals surface area contributed by atoms with Crippen molar-refractivity contribution in [3.63, 3.8) is 0 Å². The number of aryl methyl sites for hydroxylation is 1. The van der Waals surface area contributed by atoms with Gasteiger partial charge in [-0.2, -0.15) is 5.10 Å². The molecule has 1 aliphatic carbocycles. The molecule has 4 nitrogen and oxygen atoms in total. The molecule has 0 unspecified atom stereocenters. The van der Waals surface area contributed by atoms with E-state index >= 15 is 0 Å². The lowest BCUT2D eigenvalue weighted by Crippen LogP contribution is -2.47. The van der Waals surface area contributed by atoms with Crippen molar-refractivity contribution in [2.75, 3.05) is 6.61 Å². The molecule has 17 heavy (non-hydrogen) atoms. The number of hydrogen-bond donors (Lipinski definition) is 1. The van der Waals surface area contributed by atoms with Crippen molar-refractivity contribution >= 4 is 15.9 Å². The van der Waals surface area contributed by atoms with Crippen LogP contribution in [-0.2, 0) is 16.9 Å². The Kier molecular flexibility index (Phi) is 3.90. The van der Waals surface area contributed by atoms with Crippen LogP contribution in [0.5, 0.6) is 0 Å². The highest BCUT2D eigenvalue weighted by Crippen LogP contribution is 2.45. The summed E-state index contributed by atoms with van der Waals surface area (Å²) < 4.78 is 8.29. The summed E-state index contributed by atoms with van der Waals surface area (Å²) in [5, 5.41) is 14.9. The van der Waals surface area contributed by atoms with Crippen LogP contribution in [-0.4, -0.2) is 27.6 Å². The average molecular weight is 303 g/mol. The van der Waals surface area contributed by atoms with Gasteiger partial charge in [-0.25, -0.2) is 0 Å². The number of hydrogen-bond acceptors (Lipinski definition) is 3. The summed E-state index contributed by atoms with van der Waals surface area (Å²) in [6.45, 7) is 5.63. The normalized spacial score (nSPS) is 28.1. The van der Waals surface area contributed by atoms with E-state index in [4.69, 9.17) is 4.74 Å². The van der Waals surface area contributed by atoms with Gasteiger partial charge < -0.3 is 9.84 Å². The van der Waals surface area contributed by atoms with Crippen LogP contribution in [0.15, 0.2) is 10.7 Å². The summed E-state index contributed by atoms with van der Waals surface area (Å²) in [7, 11) is 0. The molecule has 0 radical (unpaired) electrons. The molecule has 0 atom stereocenters. The maximum Gasteiger partial charge on any atom is 0.112 e. The van der Waals surface area contributed by atoms with E-state index in [2.05, 4.69) is 28.0 Å². The monoisotopic (exact) mass is 302 g/mol. The Morgan fingerprint density at radius 3 is 2.88 bits per heavy atom. The topological polar surface area (TPSA) is 47.3 Å². The molecule has 0 saturated heterocycles. The van der Waals surface area contributed by atoms with Crippen molar-refractivity contribution in [1.29, 1.82) is 0 Å². The highest BCUT2D eigenvalue weighted by atomic mass is 79.9. The first kappa shape index (κ1) is 13.1. The maximum absolute atomic E-state index is 10.6. The number of aliphatic hydroxyl groups is 1. The summed E-state index contributed by atoms with van der Waals surface area (Å²) in [5.74, 6) is 0. The molecular formula is C12H19BrN2O2. The zero-order valence-electron chi connectivity index (χ0n) is 10.3. The number of nitrogens with zero attached hydrogens (tertiary/aromatic N) is 2. The molecule has 0 bridgehead atoms. The molecule has 0 spiro atoms. The Hall–Kier alpha value is -0.390. The SMILES string of the molecule is CCCn1ncc(Br)c1C1(O)CC(OCC)C1. The molecular weight excluding hydrogens is 284 g/mol. The first-order chi connectivity index (χ1) is 8.10. The third kappa shape index (κ3) is 2.41. The fourth-order valence-corrected chi connectivity index (χ4v) is 3.11. The molecule has 96 valence electrons. The van der Waals surface area contributed by atoms with Crippen molar-refractivity contribution < 1.29 is 9.84 Å². The van der Waals surface area contributed by atoms with Crippen molar-refractivity contribution in [3.8, 4) is 0 Å². The highest BCUT2D eigenvalue weighted by Gasteiger charge is 2.47. The van der Waals surface area contributed by atoms with Gasteiger partial charge in [-0.1, -0.05) is 6.92 Å². The van der Waals surface area contributed by atoms with E-state index in [1.54, 1.807) is 6.20 Å². The maximum atomic E-state index is 10.6. The first-order valence-corrected chi connectivity index (χ1v) is 6.95. The lowest BCUT2D eigenvalue weighted by Gasteiger charge is -2.43. The fourth-order valence-electron chi connectivity index (χ4n) is 2.45. The molecule has 1 N–H and O–H groups in total. The van der Waals surface area contributed by atoms with Crippen LogP contribution in [0.3, 0.4) is 0 Å². The third-order valence-electron chi connectivity index (χ3n) is 3.20. The van der Waals surface area contributed by atoms with Crippen LogP contribution in [0.25, 0.3) is 0 Å². The van der Waals surface area contributed by atoms with Crippen LogP contribution in [0.1, 0.15) is 38.8 Å². The van der Waals surface area contributed by atoms with Crippen LogP contribution in [0.2, 0.25) is 0 Å². The lowest BCUT2D eigenvalue weighted by molar-refractivity contribution is -0.147. The van der Waals surface area contributed by atoms with Gasteiger partial charge in [0.2, 0.25) is 0 Å². The molecule has 5 heteroatoms. The van der Waals surface area contributed by atoms with E-state index in [0.717, 1.165) is 23.1 Å². The quantitative estimate of drug-likeness (QED) is 0.909. The smallest absolute Gasteiger partial charge is 0.112 e. The van der Waals surface area contributed by atoms with Crippen LogP contribution < -0.4 is 0 Å². The van der Waals surface area contributed by atoms with Crippen LogP contribution >= 0.6 is 15.9 Å². The van der Waals surface area contributed by atoms with Gasteiger partial charge in [0, 0.05) is 26.0 Å². The third-order valence-corrected chi connectivity index (χ3v) is 3.78. The number of halogens is 1. The molecule has 1 aromatic heterocycles. The predicted octanol–water partition coefficient (Wildman–Crippen LogP) is 2.44. The van der Waals surface area contributed by atoms with E-state index in [1.807, 2.05) is 11.6 Å². The van der Waals surface area contributed by atoms with Gasteiger partial charge in [0.25, 0.3) is 0 Å². The minimum Gasteiger partial charge on any atom is -0.383 e. The van der Waals surface area contributed by atoms with Gasteiger partial charge >= 0.3 is 0 Å². The van der Waals surface area contributed by atoms with Crippen LogP contribution in [0.4, 0.5) is 0 Å². The Bertz CT molecular complexity index is 386. The van der Waals surface area contributed by atoms with Crippen molar-refractivity contribution in [3.05, 3.63) is 16.4 Å². The second-order valence-electron chi connectivity index (χ2n) is 4.58. The van der Waals surface area contributed by atoms with Gasteiger partial charge in [0.1, 0.15) is 5.60 Å². The predicted molar refractivity (Wildman–Crippen MR) is 68.8 cm³/mol. The zero-order valence-corrected chi connectivity index (χ0v) is 11.9. The molecule has 1 aliphatic rings. The van der Waals surface area contributed by atoms with E-state index in [0.29, 0.717) is 19.4 Å². The van der Waals surface area contributed by atoms with E-state index < -0.39 is 5.60 Å². The Morgan fingerprint density at radius 1 is 1.59 bits per heavy atom. The molecule has 1 saturated carbocycles. The van der Waals surface area contributed by atoms with E-state index in [1.165, 1.54) is 0 Å². The minimum absolute atomic E-state index is 0.182. The molecule has 0 aliphatic heterocycles. The first-order valence-electron chi connectivity index (χ1n) is 6.16. The van der Waals surface area contributed by atoms with Gasteiger partial charge in [0.05, 0.1) is 22.5 Å². The second-order valence-corrected chi connectivity index (χ2v) is 5.44. The second kappa shape index (κ2) is 5.08. The fraction of sp³-hybridized carbons (Fsp3) is 0.750. The number of rotatable bonds is 5. The average Bonchev–Trinajstić information content (AvgIpc) is 2.59. The van der Waals surface area contributed by atoms with Gasteiger partial charge in [-0.3, -0.25) is 4.68 Å². The van der Waals surface area contributed by atoms with E-state index in [-0.39, 0.29) is 6.10 Å². The molecule has 1 heterocycles. The van der Waals surface area contributed by atoms with Gasteiger partial charge in [0.15, 0.2) is 0 Å². The lowest BCUT2D eigenvalue weighted by atomic mass is 9.75. The summed E-state index contributed by atoms with van der Waals surface area (Å²) >= 11 is 3.47. The van der Waals surface area contributed by atoms with Gasteiger partial charge in [-0.15, -0.1) is 0 Å². The Labute approximate surface area is 110 Å². The summed E-state index contributed by atoms with van der Waals surface area (Å²) in [5.41, 5.74) is 0.125. The molecule has 0 aromatic carbocycles. The molecule has 1 fully saturated rings. The largest absolute Gasteiger partial charge is 0.383 e. The highest BCUT2D eigenvalue weighted by molar-refractivity contribution is 9.10. The standard InChI is InChI=1S/C12H19BrN2O2/c1-3-5-15-11(10(13)8-14-15)12(16)6-9(7-12)17-4-2/h8-9,16H,3-7H2,1-2H3. The van der Waals surface area contributed by atoms with Gasteiger partial charge in [-0.05, 0) is 29.3 Å². The summed E-state index contributed by atoms with van der Waals surface area (Å²) in [4.78, 5) is 0. The van der Waals surface area contributed by atoms with Crippen molar-refractivity contribution in [1.82, 2.24) is 9.78 Å². The number of aromatic nitrogens is 2. The van der Waals surface area contributed by atoms with Crippen LogP contribution in [0, 0.1) is 0 Å². The zero-order chi connectivity index (χ0) is 12.5. The Morgan fingerprint density at radius 2 is 2.29 bits per heavy atom. The molecule has 0 amide bonds. The van der Waals surface area contributed by atoms with Crippen molar-refractivity contribution in [2.24, 2.45) is 0 Å². The van der Waals surface area contributed by atoms with Crippen molar-refractivity contribution in [2.45, 2.75) is 51.4 Å². The molecule has 2 rings (SSSR count). The number of ether oxygens (including phenoxy) is 1. The summed E-state index contributed by atoms with van der Waals surface area (Å²) in [6.07, 6.45) is 4.27.